The molecule has 1 aliphatic carbocycles. The lowest BCUT2D eigenvalue weighted by atomic mass is 9.63. The van der Waals surface area contributed by atoms with E-state index in [1.807, 2.05) is 0 Å². The Balaban J connectivity index is 1.25. The second-order valence-electron chi connectivity index (χ2n) is 13.3. The van der Waals surface area contributed by atoms with Gasteiger partial charge in [-0.25, -0.2) is 0 Å². The molecule has 47 heavy (non-hydrogen) atoms. The van der Waals surface area contributed by atoms with Crippen LogP contribution in [0.1, 0.15) is 47.2 Å². The minimum Gasteiger partial charge on any atom is -0.457 e. The normalized spacial score (nSPS) is 14.7. The third kappa shape index (κ3) is 4.03. The van der Waals surface area contributed by atoms with E-state index >= 15 is 0 Å². The molecule has 0 spiro atoms. The molecule has 0 saturated heterocycles. The predicted molar refractivity (Wildman–Crippen MR) is 193 cm³/mol. The largest absolute Gasteiger partial charge is 0.457 e. The Kier molecular flexibility index (Phi) is 6.14. The summed E-state index contributed by atoms with van der Waals surface area (Å²) in [5.74, 6) is 1.78. The molecule has 0 amide bonds. The summed E-state index contributed by atoms with van der Waals surface area (Å²) >= 11 is 0. The van der Waals surface area contributed by atoms with Crippen molar-refractivity contribution in [2.75, 3.05) is 0 Å². The second-order valence-corrected chi connectivity index (χ2v) is 13.3. The van der Waals surface area contributed by atoms with Crippen LogP contribution in [0.5, 0.6) is 11.5 Å². The van der Waals surface area contributed by atoms with Crippen molar-refractivity contribution in [1.29, 1.82) is 0 Å². The number of ether oxygens (including phenoxy) is 1. The lowest BCUT2D eigenvalue weighted by Gasteiger charge is -2.41. The van der Waals surface area contributed by atoms with Crippen LogP contribution < -0.4 is 4.74 Å². The van der Waals surface area contributed by atoms with Gasteiger partial charge < -0.3 is 4.74 Å². The molecule has 9 rings (SSSR count). The number of hydrogen-bond donors (Lipinski definition) is 0. The smallest absolute Gasteiger partial charge is 0.132 e. The maximum absolute atomic E-state index is 6.66. The van der Waals surface area contributed by atoms with Gasteiger partial charge >= 0.3 is 0 Å². The zero-order chi connectivity index (χ0) is 31.6. The number of rotatable bonds is 4. The van der Waals surface area contributed by atoms with Gasteiger partial charge in [0.1, 0.15) is 11.5 Å². The Morgan fingerprint density at radius 2 is 0.936 bits per heavy atom. The standard InChI is InChI=1S/C46H34O/c1-45(2)38-23-10-9-21-37(38)44-36(22-14-25-40(44)45)33-16-13-15-31(29-33)32-27-28-43-41(30-32)46(34-17-5-3-6-18-34,35-19-7-4-8-20-35)39-24-11-12-26-42(39)47-43/h3-30H,1-2H3. The zero-order valence-corrected chi connectivity index (χ0v) is 26.6. The molecule has 0 aromatic heterocycles. The molecular formula is C46H34O. The minimum atomic E-state index is -0.546. The number of hydrogen-bond acceptors (Lipinski definition) is 1. The lowest BCUT2D eigenvalue weighted by molar-refractivity contribution is 0.434. The van der Waals surface area contributed by atoms with Crippen molar-refractivity contribution in [3.05, 3.63) is 203 Å². The topological polar surface area (TPSA) is 9.23 Å². The summed E-state index contributed by atoms with van der Waals surface area (Å²) in [7, 11) is 0. The van der Waals surface area contributed by atoms with Crippen LogP contribution in [0.25, 0.3) is 33.4 Å². The molecule has 0 N–H and O–H groups in total. The van der Waals surface area contributed by atoms with E-state index < -0.39 is 5.41 Å². The van der Waals surface area contributed by atoms with Crippen LogP contribution >= 0.6 is 0 Å². The van der Waals surface area contributed by atoms with Crippen LogP contribution in [0.15, 0.2) is 170 Å². The van der Waals surface area contributed by atoms with E-state index in [0.29, 0.717) is 0 Å². The summed E-state index contributed by atoms with van der Waals surface area (Å²) in [6.45, 7) is 4.69. The highest BCUT2D eigenvalue weighted by atomic mass is 16.5. The van der Waals surface area contributed by atoms with E-state index in [9.17, 15) is 0 Å². The molecule has 0 bridgehead atoms. The van der Waals surface area contributed by atoms with Gasteiger partial charge in [-0.15, -0.1) is 0 Å². The SMILES string of the molecule is CC1(C)c2ccccc2-c2c(-c3cccc(-c4ccc5c(c4)C(c4ccccc4)(c4ccccc4)c4ccccc4O5)c3)cccc21. The van der Waals surface area contributed by atoms with Crippen LogP contribution in [-0.2, 0) is 10.8 Å². The molecule has 1 heterocycles. The van der Waals surface area contributed by atoms with Crippen molar-refractivity contribution in [2.24, 2.45) is 0 Å². The van der Waals surface area contributed by atoms with Gasteiger partial charge in [-0.05, 0) is 79.9 Å². The van der Waals surface area contributed by atoms with E-state index in [0.717, 1.165) is 28.2 Å². The highest BCUT2D eigenvalue weighted by Crippen LogP contribution is 2.56. The van der Waals surface area contributed by atoms with Crippen molar-refractivity contribution in [1.82, 2.24) is 0 Å². The fourth-order valence-electron chi connectivity index (χ4n) is 8.25. The molecule has 2 aliphatic rings. The van der Waals surface area contributed by atoms with E-state index in [-0.39, 0.29) is 5.41 Å². The highest BCUT2D eigenvalue weighted by Gasteiger charge is 2.45. The van der Waals surface area contributed by atoms with Crippen LogP contribution in [0.2, 0.25) is 0 Å². The fraction of sp³-hybridized carbons (Fsp3) is 0.0870. The van der Waals surface area contributed by atoms with Crippen molar-refractivity contribution in [2.45, 2.75) is 24.7 Å². The van der Waals surface area contributed by atoms with Gasteiger partial charge in [0, 0.05) is 16.5 Å². The average molecular weight is 603 g/mol. The molecule has 0 saturated carbocycles. The van der Waals surface area contributed by atoms with Crippen molar-refractivity contribution < 1.29 is 4.74 Å². The van der Waals surface area contributed by atoms with Gasteiger partial charge in [-0.3, -0.25) is 0 Å². The maximum Gasteiger partial charge on any atom is 0.132 e. The number of para-hydroxylation sites is 1. The van der Waals surface area contributed by atoms with Crippen molar-refractivity contribution in [3.63, 3.8) is 0 Å². The van der Waals surface area contributed by atoms with Crippen molar-refractivity contribution >= 4 is 0 Å². The maximum atomic E-state index is 6.66. The molecule has 224 valence electrons. The Bertz CT molecular complexity index is 2260. The Hall–Kier alpha value is -5.66. The third-order valence-electron chi connectivity index (χ3n) is 10.4. The minimum absolute atomic E-state index is 0.0352. The first kappa shape index (κ1) is 27.6. The van der Waals surface area contributed by atoms with Gasteiger partial charge in [0.05, 0.1) is 5.41 Å². The van der Waals surface area contributed by atoms with Gasteiger partial charge in [0.2, 0.25) is 0 Å². The summed E-state index contributed by atoms with van der Waals surface area (Å²) in [4.78, 5) is 0. The van der Waals surface area contributed by atoms with Gasteiger partial charge in [0.15, 0.2) is 0 Å². The summed E-state index contributed by atoms with van der Waals surface area (Å²) in [5, 5.41) is 0. The molecule has 1 heteroatoms. The molecule has 1 aliphatic heterocycles. The monoisotopic (exact) mass is 602 g/mol. The quantitative estimate of drug-likeness (QED) is 0.195. The van der Waals surface area contributed by atoms with Crippen LogP contribution in [0, 0.1) is 0 Å². The second kappa shape index (κ2) is 10.4. The predicted octanol–water partition coefficient (Wildman–Crippen LogP) is 11.8. The Labute approximate surface area is 276 Å². The van der Waals surface area contributed by atoms with Crippen LogP contribution in [0.3, 0.4) is 0 Å². The van der Waals surface area contributed by atoms with E-state index in [4.69, 9.17) is 4.74 Å². The van der Waals surface area contributed by atoms with Crippen LogP contribution in [0.4, 0.5) is 0 Å². The zero-order valence-electron chi connectivity index (χ0n) is 26.6. The summed E-state index contributed by atoms with van der Waals surface area (Å²) in [6.07, 6.45) is 0. The van der Waals surface area contributed by atoms with E-state index in [1.54, 1.807) is 0 Å². The molecule has 0 radical (unpaired) electrons. The summed E-state index contributed by atoms with van der Waals surface area (Å²) in [6, 6.07) is 61.7. The van der Waals surface area contributed by atoms with Gasteiger partial charge in [-0.2, -0.15) is 0 Å². The highest BCUT2D eigenvalue weighted by molar-refractivity contribution is 5.93. The molecule has 7 aromatic carbocycles. The summed E-state index contributed by atoms with van der Waals surface area (Å²) in [5.41, 5.74) is 14.5. The fourth-order valence-corrected chi connectivity index (χ4v) is 8.25. The average Bonchev–Trinajstić information content (AvgIpc) is 3.37. The first-order valence-corrected chi connectivity index (χ1v) is 16.4. The Morgan fingerprint density at radius 1 is 0.383 bits per heavy atom. The lowest BCUT2D eigenvalue weighted by Crippen LogP contribution is -2.34. The molecule has 0 fully saturated rings. The molecule has 7 aromatic rings. The molecular weight excluding hydrogens is 569 g/mol. The number of fused-ring (bicyclic) bond motifs is 5. The van der Waals surface area contributed by atoms with Gasteiger partial charge in [-0.1, -0.05) is 159 Å². The third-order valence-corrected chi connectivity index (χ3v) is 10.4. The Morgan fingerprint density at radius 3 is 1.70 bits per heavy atom. The van der Waals surface area contributed by atoms with Crippen LogP contribution in [-0.4, -0.2) is 0 Å². The van der Waals surface area contributed by atoms with E-state index in [1.165, 1.54) is 50.1 Å². The van der Waals surface area contributed by atoms with E-state index in [2.05, 4.69) is 184 Å². The molecule has 0 unspecified atom stereocenters. The van der Waals surface area contributed by atoms with Crippen molar-refractivity contribution in [3.8, 4) is 44.9 Å². The summed E-state index contributed by atoms with van der Waals surface area (Å²) < 4.78 is 6.66. The van der Waals surface area contributed by atoms with Gasteiger partial charge in [0.25, 0.3) is 0 Å². The molecule has 1 nitrogen and oxygen atoms in total. The number of benzene rings is 7. The first-order valence-electron chi connectivity index (χ1n) is 16.4. The molecule has 0 atom stereocenters. The first-order chi connectivity index (χ1) is 23.1.